The number of thiophene rings is 1. The lowest BCUT2D eigenvalue weighted by Gasteiger charge is -2.39. The molecule has 4 heteroatoms. The van der Waals surface area contributed by atoms with E-state index >= 15 is 0 Å². The predicted octanol–water partition coefficient (Wildman–Crippen LogP) is 4.55. The summed E-state index contributed by atoms with van der Waals surface area (Å²) < 4.78 is 1.23. The lowest BCUT2D eigenvalue weighted by Crippen LogP contribution is -2.42. The zero-order valence-corrected chi connectivity index (χ0v) is 14.3. The number of hydrogen-bond acceptors (Lipinski definition) is 3. The summed E-state index contributed by atoms with van der Waals surface area (Å²) >= 11 is 5.44. The zero-order valence-electron chi connectivity index (χ0n) is 11.9. The Morgan fingerprint density at radius 3 is 2.58 bits per heavy atom. The minimum Gasteiger partial charge on any atom is -0.328 e. The molecule has 1 unspecified atom stereocenters. The normalized spacial score (nSPS) is 25.7. The Hall–Kier alpha value is 0.1000. The van der Waals surface area contributed by atoms with Crippen LogP contribution in [-0.2, 0) is 0 Å². The maximum absolute atomic E-state index is 6.04. The Morgan fingerprint density at radius 1 is 1.37 bits per heavy atom. The van der Waals surface area contributed by atoms with Crippen LogP contribution in [0.2, 0.25) is 0 Å². The maximum Gasteiger partial charge on any atom is 0.0701 e. The van der Waals surface area contributed by atoms with Crippen molar-refractivity contribution in [3.8, 4) is 0 Å². The molecule has 2 nitrogen and oxygen atoms in total. The molecule has 1 saturated carbocycles. The van der Waals surface area contributed by atoms with Crippen molar-refractivity contribution >= 4 is 27.3 Å². The summed E-state index contributed by atoms with van der Waals surface area (Å²) in [6.07, 6.45) is 6.12. The van der Waals surface area contributed by atoms with Gasteiger partial charge in [-0.15, -0.1) is 11.3 Å². The van der Waals surface area contributed by atoms with E-state index in [0.29, 0.717) is 12.1 Å². The molecule has 1 atom stereocenters. The van der Waals surface area contributed by atoms with Crippen molar-refractivity contribution in [1.82, 2.24) is 4.90 Å². The summed E-state index contributed by atoms with van der Waals surface area (Å²) in [6, 6.07) is 6.10. The van der Waals surface area contributed by atoms with Crippen LogP contribution < -0.4 is 5.73 Å². The van der Waals surface area contributed by atoms with E-state index < -0.39 is 0 Å². The molecule has 0 saturated heterocycles. The molecule has 0 amide bonds. The van der Waals surface area contributed by atoms with E-state index in [4.69, 9.17) is 5.73 Å². The third kappa shape index (κ3) is 4.03. The van der Waals surface area contributed by atoms with Crippen LogP contribution >= 0.6 is 27.3 Å². The standard InChI is InChI=1S/C15H25BrN2S/c1-3-10-18(13-6-4-12(17)5-7-13)11(2)14-8-9-15(16)19-14/h8-9,11-13H,3-7,10,17H2,1-2H3. The monoisotopic (exact) mass is 344 g/mol. The summed E-state index contributed by atoms with van der Waals surface area (Å²) in [5, 5.41) is 0. The second kappa shape index (κ2) is 7.21. The van der Waals surface area contributed by atoms with Crippen LogP contribution in [0.1, 0.15) is 56.9 Å². The van der Waals surface area contributed by atoms with Gasteiger partial charge in [-0.25, -0.2) is 0 Å². The molecular weight excluding hydrogens is 320 g/mol. The second-order valence-electron chi connectivity index (χ2n) is 5.62. The van der Waals surface area contributed by atoms with Crippen molar-refractivity contribution in [1.29, 1.82) is 0 Å². The fraction of sp³-hybridized carbons (Fsp3) is 0.733. The van der Waals surface area contributed by atoms with Crippen LogP contribution in [0.4, 0.5) is 0 Å². The van der Waals surface area contributed by atoms with Crippen molar-refractivity contribution in [3.05, 3.63) is 20.8 Å². The molecule has 0 aliphatic heterocycles. The van der Waals surface area contributed by atoms with Gasteiger partial charge in [-0.05, 0) is 73.6 Å². The summed E-state index contributed by atoms with van der Waals surface area (Å²) in [5.41, 5.74) is 6.04. The summed E-state index contributed by atoms with van der Waals surface area (Å²) in [4.78, 5) is 4.17. The third-order valence-electron chi connectivity index (χ3n) is 4.20. The van der Waals surface area contributed by atoms with E-state index in [9.17, 15) is 0 Å². The van der Waals surface area contributed by atoms with Gasteiger partial charge in [-0.2, -0.15) is 0 Å². The van der Waals surface area contributed by atoms with Crippen molar-refractivity contribution in [2.75, 3.05) is 6.54 Å². The number of nitrogens with two attached hydrogens (primary N) is 1. The minimum absolute atomic E-state index is 0.436. The highest BCUT2D eigenvalue weighted by molar-refractivity contribution is 9.11. The molecule has 19 heavy (non-hydrogen) atoms. The average molecular weight is 345 g/mol. The van der Waals surface area contributed by atoms with Gasteiger partial charge < -0.3 is 5.73 Å². The van der Waals surface area contributed by atoms with Crippen LogP contribution in [-0.4, -0.2) is 23.5 Å². The molecule has 1 aliphatic carbocycles. The van der Waals surface area contributed by atoms with Crippen LogP contribution in [0.5, 0.6) is 0 Å². The fourth-order valence-corrected chi connectivity index (χ4v) is 4.60. The summed E-state index contributed by atoms with van der Waals surface area (Å²) in [5.74, 6) is 0. The predicted molar refractivity (Wildman–Crippen MR) is 87.7 cm³/mol. The topological polar surface area (TPSA) is 29.3 Å². The van der Waals surface area contributed by atoms with Gasteiger partial charge in [0.25, 0.3) is 0 Å². The van der Waals surface area contributed by atoms with Gasteiger partial charge in [0, 0.05) is 23.0 Å². The Labute approximate surface area is 129 Å². The molecule has 1 heterocycles. The largest absolute Gasteiger partial charge is 0.328 e. The maximum atomic E-state index is 6.04. The molecule has 1 aromatic rings. The van der Waals surface area contributed by atoms with Gasteiger partial charge in [0.1, 0.15) is 0 Å². The Morgan fingerprint density at radius 2 is 2.05 bits per heavy atom. The molecule has 2 N–H and O–H groups in total. The van der Waals surface area contributed by atoms with Crippen LogP contribution in [0, 0.1) is 0 Å². The van der Waals surface area contributed by atoms with Crippen molar-refractivity contribution in [2.45, 2.75) is 64.1 Å². The quantitative estimate of drug-likeness (QED) is 0.848. The number of hydrogen-bond donors (Lipinski definition) is 1. The number of rotatable bonds is 5. The van der Waals surface area contributed by atoms with E-state index in [-0.39, 0.29) is 0 Å². The highest BCUT2D eigenvalue weighted by Gasteiger charge is 2.28. The molecule has 0 spiro atoms. The van der Waals surface area contributed by atoms with Gasteiger partial charge in [-0.1, -0.05) is 6.92 Å². The van der Waals surface area contributed by atoms with Crippen molar-refractivity contribution in [3.63, 3.8) is 0 Å². The first-order chi connectivity index (χ1) is 9.11. The molecule has 0 radical (unpaired) electrons. The first kappa shape index (κ1) is 15.5. The average Bonchev–Trinajstić information content (AvgIpc) is 2.83. The van der Waals surface area contributed by atoms with Crippen molar-refractivity contribution < 1.29 is 0 Å². The van der Waals surface area contributed by atoms with Crippen LogP contribution in [0.3, 0.4) is 0 Å². The van der Waals surface area contributed by atoms with E-state index in [1.807, 2.05) is 11.3 Å². The summed E-state index contributed by atoms with van der Waals surface area (Å²) in [7, 11) is 0. The fourth-order valence-electron chi connectivity index (χ4n) is 3.10. The second-order valence-corrected chi connectivity index (χ2v) is 8.12. The highest BCUT2D eigenvalue weighted by atomic mass is 79.9. The highest BCUT2D eigenvalue weighted by Crippen LogP contribution is 2.34. The van der Waals surface area contributed by atoms with Crippen molar-refractivity contribution in [2.24, 2.45) is 5.73 Å². The lowest BCUT2D eigenvalue weighted by molar-refractivity contribution is 0.109. The Kier molecular flexibility index (Phi) is 5.87. The minimum atomic E-state index is 0.436. The summed E-state index contributed by atoms with van der Waals surface area (Å²) in [6.45, 7) is 5.82. The van der Waals surface area contributed by atoms with Gasteiger partial charge in [0.15, 0.2) is 0 Å². The van der Waals surface area contributed by atoms with E-state index in [2.05, 4.69) is 46.8 Å². The lowest BCUT2D eigenvalue weighted by atomic mass is 9.90. The van der Waals surface area contributed by atoms with Gasteiger partial charge in [-0.3, -0.25) is 4.90 Å². The molecule has 1 fully saturated rings. The van der Waals surface area contributed by atoms with E-state index in [1.165, 1.54) is 47.3 Å². The first-order valence-electron chi connectivity index (χ1n) is 7.38. The molecule has 0 aromatic carbocycles. The molecule has 1 aliphatic rings. The molecule has 2 rings (SSSR count). The smallest absolute Gasteiger partial charge is 0.0701 e. The molecular formula is C15H25BrN2S. The molecule has 0 bridgehead atoms. The van der Waals surface area contributed by atoms with Crippen LogP contribution in [0.15, 0.2) is 15.9 Å². The van der Waals surface area contributed by atoms with Gasteiger partial charge in [0.2, 0.25) is 0 Å². The van der Waals surface area contributed by atoms with Gasteiger partial charge in [0.05, 0.1) is 3.79 Å². The first-order valence-corrected chi connectivity index (χ1v) is 8.99. The Bertz CT molecular complexity index is 385. The van der Waals surface area contributed by atoms with Crippen LogP contribution in [0.25, 0.3) is 0 Å². The number of nitrogens with zero attached hydrogens (tertiary/aromatic N) is 1. The Balaban J connectivity index is 2.06. The molecule has 1 aromatic heterocycles. The SMILES string of the molecule is CCCN(C1CCC(N)CC1)C(C)c1ccc(Br)s1. The number of halogens is 1. The van der Waals surface area contributed by atoms with E-state index in [0.717, 1.165) is 6.04 Å². The third-order valence-corrected chi connectivity index (χ3v) is 5.99. The zero-order chi connectivity index (χ0) is 13.8. The van der Waals surface area contributed by atoms with Gasteiger partial charge >= 0.3 is 0 Å². The van der Waals surface area contributed by atoms with E-state index in [1.54, 1.807) is 0 Å². The molecule has 108 valence electrons.